The maximum Gasteiger partial charge on any atom is 0.276 e. The van der Waals surface area contributed by atoms with Crippen LogP contribution in [0.15, 0.2) is 42.1 Å². The SMILES string of the molecule is COc1ccc(/C=C2/NC(=S)N(C3CC3)C2=O)cc1COc1ccc2c(c1)OCO2. The van der Waals surface area contributed by atoms with Crippen molar-refractivity contribution in [3.05, 3.63) is 53.2 Å². The minimum atomic E-state index is -0.0727. The van der Waals surface area contributed by atoms with Gasteiger partial charge in [-0.3, -0.25) is 9.69 Å². The summed E-state index contributed by atoms with van der Waals surface area (Å²) in [6, 6.07) is 11.4. The molecule has 1 amide bonds. The van der Waals surface area contributed by atoms with Crippen LogP contribution in [-0.4, -0.2) is 35.9 Å². The molecule has 1 N–H and O–H groups in total. The molecule has 2 fully saturated rings. The fraction of sp³-hybridized carbons (Fsp3) is 0.273. The molecule has 5 rings (SSSR count). The summed E-state index contributed by atoms with van der Waals surface area (Å²) in [5.41, 5.74) is 2.20. The van der Waals surface area contributed by atoms with Crippen LogP contribution >= 0.6 is 12.2 Å². The van der Waals surface area contributed by atoms with Crippen LogP contribution in [0, 0.1) is 0 Å². The summed E-state index contributed by atoms with van der Waals surface area (Å²) in [7, 11) is 1.62. The highest BCUT2D eigenvalue weighted by molar-refractivity contribution is 7.80. The number of carbonyl (C=O) groups excluding carboxylic acids is 1. The summed E-state index contributed by atoms with van der Waals surface area (Å²) in [5.74, 6) is 2.68. The Morgan fingerprint density at radius 1 is 1.20 bits per heavy atom. The Labute approximate surface area is 179 Å². The van der Waals surface area contributed by atoms with E-state index in [1.165, 1.54) is 0 Å². The van der Waals surface area contributed by atoms with Crippen LogP contribution in [-0.2, 0) is 11.4 Å². The number of hydrogen-bond acceptors (Lipinski definition) is 6. The van der Waals surface area contributed by atoms with E-state index in [9.17, 15) is 4.79 Å². The topological polar surface area (TPSA) is 69.3 Å². The lowest BCUT2D eigenvalue weighted by Gasteiger charge is -2.12. The molecule has 30 heavy (non-hydrogen) atoms. The number of carbonyl (C=O) groups is 1. The van der Waals surface area contributed by atoms with Gasteiger partial charge in [-0.25, -0.2) is 0 Å². The third kappa shape index (κ3) is 3.54. The molecular formula is C22H20N2O5S. The molecule has 0 atom stereocenters. The number of amides is 1. The van der Waals surface area contributed by atoms with E-state index in [4.69, 9.17) is 31.2 Å². The van der Waals surface area contributed by atoms with Crippen molar-refractivity contribution in [2.45, 2.75) is 25.5 Å². The molecule has 154 valence electrons. The Kier molecular flexibility index (Phi) is 4.71. The number of nitrogens with one attached hydrogen (secondary N) is 1. The lowest BCUT2D eigenvalue weighted by molar-refractivity contribution is -0.122. The van der Waals surface area contributed by atoms with Crippen LogP contribution < -0.4 is 24.3 Å². The van der Waals surface area contributed by atoms with Crippen LogP contribution in [0.2, 0.25) is 0 Å². The number of thiocarbonyl (C=S) groups is 1. The Hall–Kier alpha value is -3.26. The Morgan fingerprint density at radius 2 is 2.03 bits per heavy atom. The smallest absolute Gasteiger partial charge is 0.276 e. The lowest BCUT2D eigenvalue weighted by atomic mass is 10.1. The maximum absolute atomic E-state index is 12.6. The van der Waals surface area contributed by atoms with Crippen molar-refractivity contribution >= 4 is 29.3 Å². The average molecular weight is 424 g/mol. The third-order valence-electron chi connectivity index (χ3n) is 5.18. The van der Waals surface area contributed by atoms with E-state index >= 15 is 0 Å². The van der Waals surface area contributed by atoms with Crippen LogP contribution in [0.1, 0.15) is 24.0 Å². The lowest BCUT2D eigenvalue weighted by Crippen LogP contribution is -2.32. The van der Waals surface area contributed by atoms with Gasteiger partial charge in [-0.2, -0.15) is 0 Å². The van der Waals surface area contributed by atoms with E-state index < -0.39 is 0 Å². The standard InChI is InChI=1S/C22H20N2O5S/c1-26-18-6-2-13(9-17-21(25)24(15-3-4-15)22(30)23-17)8-14(18)11-27-16-5-7-19-20(10-16)29-12-28-19/h2,5-10,15H,3-4,11-12H2,1H3,(H,23,30)/b17-9+. The Morgan fingerprint density at radius 3 is 2.83 bits per heavy atom. The monoisotopic (exact) mass is 424 g/mol. The molecule has 0 unspecified atom stereocenters. The molecule has 2 heterocycles. The van der Waals surface area contributed by atoms with E-state index in [-0.39, 0.29) is 18.7 Å². The van der Waals surface area contributed by atoms with E-state index in [1.54, 1.807) is 24.2 Å². The van der Waals surface area contributed by atoms with Gasteiger partial charge in [0.2, 0.25) is 6.79 Å². The minimum absolute atomic E-state index is 0.0727. The summed E-state index contributed by atoms with van der Waals surface area (Å²) in [4.78, 5) is 14.3. The van der Waals surface area contributed by atoms with Crippen molar-refractivity contribution < 1.29 is 23.7 Å². The number of hydrogen-bond donors (Lipinski definition) is 1. The molecule has 0 spiro atoms. The molecule has 7 nitrogen and oxygen atoms in total. The van der Waals surface area contributed by atoms with Crippen molar-refractivity contribution in [3.63, 3.8) is 0 Å². The number of fused-ring (bicyclic) bond motifs is 1. The van der Waals surface area contributed by atoms with Crippen LogP contribution in [0.5, 0.6) is 23.0 Å². The van der Waals surface area contributed by atoms with Gasteiger partial charge in [0.25, 0.3) is 5.91 Å². The first kappa shape index (κ1) is 18.7. The van der Waals surface area contributed by atoms with E-state index in [0.717, 1.165) is 24.0 Å². The summed E-state index contributed by atoms with van der Waals surface area (Å²) < 4.78 is 22.1. The first-order valence-corrected chi connectivity index (χ1v) is 10.1. The predicted octanol–water partition coefficient (Wildman–Crippen LogP) is 3.22. The van der Waals surface area contributed by atoms with Crippen molar-refractivity contribution in [3.8, 4) is 23.0 Å². The quantitative estimate of drug-likeness (QED) is 0.564. The zero-order chi connectivity index (χ0) is 20.7. The zero-order valence-corrected chi connectivity index (χ0v) is 17.2. The maximum atomic E-state index is 12.6. The van der Waals surface area contributed by atoms with Crippen molar-refractivity contribution in [1.29, 1.82) is 0 Å². The van der Waals surface area contributed by atoms with Crippen LogP contribution in [0.3, 0.4) is 0 Å². The summed E-state index contributed by atoms with van der Waals surface area (Å²) in [6.07, 6.45) is 3.82. The van der Waals surface area contributed by atoms with Gasteiger partial charge in [-0.1, -0.05) is 6.07 Å². The van der Waals surface area contributed by atoms with Gasteiger partial charge in [-0.05, 0) is 61.0 Å². The number of benzene rings is 2. The van der Waals surface area contributed by atoms with Gasteiger partial charge < -0.3 is 24.3 Å². The van der Waals surface area contributed by atoms with Gasteiger partial charge in [0.1, 0.15) is 23.8 Å². The number of ether oxygens (including phenoxy) is 4. The zero-order valence-electron chi connectivity index (χ0n) is 16.3. The molecule has 3 aliphatic rings. The number of rotatable bonds is 6. The van der Waals surface area contributed by atoms with Crippen molar-refractivity contribution in [2.75, 3.05) is 13.9 Å². The molecule has 0 radical (unpaired) electrons. The molecule has 1 saturated heterocycles. The number of nitrogens with zero attached hydrogens (tertiary/aromatic N) is 1. The molecular weight excluding hydrogens is 404 g/mol. The molecule has 8 heteroatoms. The molecule has 0 bridgehead atoms. The number of methoxy groups -OCH3 is 1. The molecule has 1 aliphatic carbocycles. The van der Waals surface area contributed by atoms with Gasteiger partial charge in [0.05, 0.1) is 7.11 Å². The van der Waals surface area contributed by atoms with Gasteiger partial charge in [0, 0.05) is 17.7 Å². The first-order valence-electron chi connectivity index (χ1n) is 9.68. The van der Waals surface area contributed by atoms with E-state index in [2.05, 4.69) is 5.32 Å². The highest BCUT2D eigenvalue weighted by Crippen LogP contribution is 2.36. The molecule has 2 aromatic carbocycles. The fourth-order valence-corrected chi connectivity index (χ4v) is 3.85. The van der Waals surface area contributed by atoms with Gasteiger partial charge in [-0.15, -0.1) is 0 Å². The molecule has 0 aromatic heterocycles. The molecule has 2 aromatic rings. The highest BCUT2D eigenvalue weighted by Gasteiger charge is 2.41. The molecule has 2 aliphatic heterocycles. The first-order chi connectivity index (χ1) is 14.6. The van der Waals surface area contributed by atoms with Crippen LogP contribution in [0.25, 0.3) is 6.08 Å². The third-order valence-corrected chi connectivity index (χ3v) is 5.47. The van der Waals surface area contributed by atoms with E-state index in [1.807, 2.05) is 30.3 Å². The predicted molar refractivity (Wildman–Crippen MR) is 113 cm³/mol. The van der Waals surface area contributed by atoms with Gasteiger partial charge in [0.15, 0.2) is 16.6 Å². The second-order valence-corrected chi connectivity index (χ2v) is 7.66. The van der Waals surface area contributed by atoms with Crippen molar-refractivity contribution in [2.24, 2.45) is 0 Å². The fourth-order valence-electron chi connectivity index (χ4n) is 3.51. The summed E-state index contributed by atoms with van der Waals surface area (Å²) >= 11 is 5.32. The van der Waals surface area contributed by atoms with E-state index in [0.29, 0.717) is 40.4 Å². The van der Waals surface area contributed by atoms with Crippen molar-refractivity contribution in [1.82, 2.24) is 10.2 Å². The van der Waals surface area contributed by atoms with Gasteiger partial charge >= 0.3 is 0 Å². The average Bonchev–Trinajstić information content (AvgIpc) is 3.39. The summed E-state index contributed by atoms with van der Waals surface area (Å²) in [6.45, 7) is 0.519. The highest BCUT2D eigenvalue weighted by atomic mass is 32.1. The van der Waals surface area contributed by atoms with Crippen LogP contribution in [0.4, 0.5) is 0 Å². The Bertz CT molecular complexity index is 1060. The summed E-state index contributed by atoms with van der Waals surface area (Å²) in [5, 5.41) is 3.51. The second kappa shape index (κ2) is 7.53. The normalized spacial score (nSPS) is 18.7. The largest absolute Gasteiger partial charge is 0.496 e. The minimum Gasteiger partial charge on any atom is -0.496 e. The second-order valence-electron chi connectivity index (χ2n) is 7.27. The molecule has 1 saturated carbocycles. The Balaban J connectivity index is 1.35.